The molecule has 1 heterocycles. The van der Waals surface area contributed by atoms with E-state index in [1.54, 1.807) is 11.3 Å². The Morgan fingerprint density at radius 3 is 2.33 bits per heavy atom. The van der Waals surface area contributed by atoms with E-state index in [0.29, 0.717) is 0 Å². The van der Waals surface area contributed by atoms with Crippen molar-refractivity contribution >= 4 is 23.7 Å². The van der Waals surface area contributed by atoms with Gasteiger partial charge in [0.1, 0.15) is 0 Å². The molecular formula is C9H16ClNS. The maximum absolute atomic E-state index is 6.03. The Labute approximate surface area is 84.4 Å². The fourth-order valence-electron chi connectivity index (χ4n) is 0.895. The molecule has 0 aliphatic heterocycles. The molecule has 0 aromatic carbocycles. The number of rotatable bonds is 1. The highest BCUT2D eigenvalue weighted by Crippen LogP contribution is 2.32. The second-order valence-corrected chi connectivity index (χ2v) is 4.84. The molecule has 70 valence electrons. The molecular weight excluding hydrogens is 190 g/mol. The van der Waals surface area contributed by atoms with E-state index in [4.69, 9.17) is 5.73 Å². The van der Waals surface area contributed by atoms with E-state index in [1.165, 1.54) is 4.88 Å². The molecule has 0 bridgehead atoms. The lowest BCUT2D eigenvalue weighted by molar-refractivity contribution is 0.331. The molecule has 1 rings (SSSR count). The van der Waals surface area contributed by atoms with Crippen LogP contribution in [0.5, 0.6) is 0 Å². The molecule has 12 heavy (non-hydrogen) atoms. The first-order valence-corrected chi connectivity index (χ1v) is 4.69. The average molecular weight is 206 g/mol. The van der Waals surface area contributed by atoms with Crippen LogP contribution in [0.3, 0.4) is 0 Å². The van der Waals surface area contributed by atoms with Crippen LogP contribution in [0.4, 0.5) is 0 Å². The number of hydrogen-bond acceptors (Lipinski definition) is 2. The van der Waals surface area contributed by atoms with Crippen LogP contribution in [-0.4, -0.2) is 0 Å². The van der Waals surface area contributed by atoms with Crippen molar-refractivity contribution in [2.24, 2.45) is 11.1 Å². The van der Waals surface area contributed by atoms with Gasteiger partial charge in [-0.05, 0) is 16.9 Å². The largest absolute Gasteiger partial charge is 0.323 e. The van der Waals surface area contributed by atoms with E-state index < -0.39 is 0 Å². The SMILES string of the molecule is CC(C)(C)[C@@H](N)c1cccs1.Cl. The van der Waals surface area contributed by atoms with Crippen LogP contribution in [-0.2, 0) is 0 Å². The van der Waals surface area contributed by atoms with Gasteiger partial charge in [-0.2, -0.15) is 0 Å². The Morgan fingerprint density at radius 1 is 1.42 bits per heavy atom. The Morgan fingerprint density at radius 2 is 2.00 bits per heavy atom. The van der Waals surface area contributed by atoms with Crippen LogP contribution in [0, 0.1) is 5.41 Å². The van der Waals surface area contributed by atoms with Crippen molar-refractivity contribution in [1.29, 1.82) is 0 Å². The number of hydrogen-bond donors (Lipinski definition) is 1. The minimum atomic E-state index is 0. The van der Waals surface area contributed by atoms with Gasteiger partial charge in [-0.15, -0.1) is 23.7 Å². The highest BCUT2D eigenvalue weighted by Gasteiger charge is 2.22. The summed E-state index contributed by atoms with van der Waals surface area (Å²) in [5.41, 5.74) is 6.20. The summed E-state index contributed by atoms with van der Waals surface area (Å²) in [6.07, 6.45) is 0. The van der Waals surface area contributed by atoms with Gasteiger partial charge in [-0.3, -0.25) is 0 Å². The van der Waals surface area contributed by atoms with Gasteiger partial charge < -0.3 is 5.73 Å². The van der Waals surface area contributed by atoms with E-state index >= 15 is 0 Å². The first-order valence-electron chi connectivity index (χ1n) is 3.81. The van der Waals surface area contributed by atoms with Gasteiger partial charge in [0.25, 0.3) is 0 Å². The third kappa shape index (κ3) is 2.77. The molecule has 1 nitrogen and oxygen atoms in total. The smallest absolute Gasteiger partial charge is 0.0438 e. The monoisotopic (exact) mass is 205 g/mol. The fourth-order valence-corrected chi connectivity index (χ4v) is 1.87. The third-order valence-electron chi connectivity index (χ3n) is 1.78. The molecule has 0 radical (unpaired) electrons. The summed E-state index contributed by atoms with van der Waals surface area (Å²) in [6, 6.07) is 4.31. The van der Waals surface area contributed by atoms with Crippen molar-refractivity contribution in [1.82, 2.24) is 0 Å². The molecule has 1 aromatic heterocycles. The summed E-state index contributed by atoms with van der Waals surface area (Å²) in [4.78, 5) is 1.28. The molecule has 3 heteroatoms. The predicted octanol–water partition coefficient (Wildman–Crippen LogP) is 3.22. The van der Waals surface area contributed by atoms with E-state index in [1.807, 2.05) is 6.07 Å². The summed E-state index contributed by atoms with van der Waals surface area (Å²) < 4.78 is 0. The van der Waals surface area contributed by atoms with Crippen LogP contribution < -0.4 is 5.73 Å². The number of nitrogens with two attached hydrogens (primary N) is 1. The van der Waals surface area contributed by atoms with E-state index in [0.717, 1.165) is 0 Å². The first-order chi connectivity index (χ1) is 5.02. The van der Waals surface area contributed by atoms with Gasteiger partial charge in [0, 0.05) is 10.9 Å². The van der Waals surface area contributed by atoms with Gasteiger partial charge in [0.15, 0.2) is 0 Å². The second kappa shape index (κ2) is 4.26. The standard InChI is InChI=1S/C9H15NS.ClH/c1-9(2,3)8(10)7-5-4-6-11-7;/h4-6,8H,10H2,1-3H3;1H/t8-;/m0./s1. The minimum absolute atomic E-state index is 0. The Hall–Kier alpha value is -0.0500. The van der Waals surface area contributed by atoms with E-state index in [2.05, 4.69) is 32.2 Å². The van der Waals surface area contributed by atoms with Gasteiger partial charge in [0.05, 0.1) is 0 Å². The maximum Gasteiger partial charge on any atom is 0.0438 e. The van der Waals surface area contributed by atoms with Gasteiger partial charge in [-0.1, -0.05) is 26.8 Å². The van der Waals surface area contributed by atoms with Crippen molar-refractivity contribution in [3.8, 4) is 0 Å². The van der Waals surface area contributed by atoms with Crippen molar-refractivity contribution in [3.63, 3.8) is 0 Å². The average Bonchev–Trinajstić information content (AvgIpc) is 2.34. The maximum atomic E-state index is 6.03. The highest BCUT2D eigenvalue weighted by atomic mass is 35.5. The lowest BCUT2D eigenvalue weighted by Gasteiger charge is -2.25. The highest BCUT2D eigenvalue weighted by molar-refractivity contribution is 7.10. The van der Waals surface area contributed by atoms with Gasteiger partial charge >= 0.3 is 0 Å². The molecule has 0 amide bonds. The molecule has 0 aliphatic rings. The van der Waals surface area contributed by atoms with Crippen LogP contribution in [0.15, 0.2) is 17.5 Å². The Balaban J connectivity index is 0.00000121. The second-order valence-electron chi connectivity index (χ2n) is 3.86. The molecule has 1 aromatic rings. The van der Waals surface area contributed by atoms with Crippen LogP contribution in [0.1, 0.15) is 31.7 Å². The Kier molecular flexibility index (Phi) is 4.24. The molecule has 0 fully saturated rings. The molecule has 0 spiro atoms. The quantitative estimate of drug-likeness (QED) is 0.749. The zero-order valence-corrected chi connectivity index (χ0v) is 9.34. The van der Waals surface area contributed by atoms with Gasteiger partial charge in [0.2, 0.25) is 0 Å². The normalized spacial score (nSPS) is 13.7. The third-order valence-corrected chi connectivity index (χ3v) is 2.74. The number of halogens is 1. The summed E-state index contributed by atoms with van der Waals surface area (Å²) in [5, 5.41) is 2.07. The van der Waals surface area contributed by atoms with Crippen LogP contribution >= 0.6 is 23.7 Å². The molecule has 0 saturated carbocycles. The topological polar surface area (TPSA) is 26.0 Å². The fraction of sp³-hybridized carbons (Fsp3) is 0.556. The summed E-state index contributed by atoms with van der Waals surface area (Å²) in [6.45, 7) is 6.49. The molecule has 1 atom stereocenters. The van der Waals surface area contributed by atoms with Crippen molar-refractivity contribution in [2.75, 3.05) is 0 Å². The minimum Gasteiger partial charge on any atom is -0.323 e. The zero-order chi connectivity index (χ0) is 8.48. The van der Waals surface area contributed by atoms with Crippen molar-refractivity contribution in [2.45, 2.75) is 26.8 Å². The summed E-state index contributed by atoms with van der Waals surface area (Å²) >= 11 is 1.73. The van der Waals surface area contributed by atoms with E-state index in [9.17, 15) is 0 Å². The first kappa shape index (κ1) is 11.9. The van der Waals surface area contributed by atoms with Crippen molar-refractivity contribution < 1.29 is 0 Å². The molecule has 2 N–H and O–H groups in total. The van der Waals surface area contributed by atoms with Crippen LogP contribution in [0.2, 0.25) is 0 Å². The number of thiophene rings is 1. The summed E-state index contributed by atoms with van der Waals surface area (Å²) in [5.74, 6) is 0. The lowest BCUT2D eigenvalue weighted by Crippen LogP contribution is -2.25. The van der Waals surface area contributed by atoms with Crippen LogP contribution in [0.25, 0.3) is 0 Å². The lowest BCUT2D eigenvalue weighted by atomic mass is 9.87. The Bertz CT molecular complexity index is 213. The van der Waals surface area contributed by atoms with Gasteiger partial charge in [-0.25, -0.2) is 0 Å². The van der Waals surface area contributed by atoms with E-state index in [-0.39, 0.29) is 23.9 Å². The zero-order valence-electron chi connectivity index (χ0n) is 7.70. The molecule has 0 unspecified atom stereocenters. The summed E-state index contributed by atoms with van der Waals surface area (Å²) in [7, 11) is 0. The molecule has 0 aliphatic carbocycles. The van der Waals surface area contributed by atoms with Crippen molar-refractivity contribution in [3.05, 3.63) is 22.4 Å². The molecule has 0 saturated heterocycles. The predicted molar refractivity (Wildman–Crippen MR) is 58.0 cm³/mol.